The van der Waals surface area contributed by atoms with E-state index in [1.165, 1.54) is 0 Å². The Bertz CT molecular complexity index is 712. The molecule has 1 aromatic carbocycles. The fourth-order valence-electron chi connectivity index (χ4n) is 2.08. The van der Waals surface area contributed by atoms with Crippen molar-refractivity contribution in [1.29, 1.82) is 0 Å². The number of nitrogens with zero attached hydrogens (tertiary/aromatic N) is 3. The average molecular weight is 302 g/mol. The number of thiazole rings is 1. The standard InChI is InChI=1S/C14H18N6S/c1-20(2)8-7-16-13-11(12(15)18-19-13)14-17-9-5-3-4-6-10(9)21-14/h3-6H,7-8H2,1-2H3,(H4,15,16,18,19). The normalized spacial score (nSPS) is 11.4. The van der Waals surface area contributed by atoms with Crippen LogP contribution in [0.15, 0.2) is 24.3 Å². The van der Waals surface area contributed by atoms with Gasteiger partial charge in [0.25, 0.3) is 0 Å². The van der Waals surface area contributed by atoms with Crippen LogP contribution in [0.2, 0.25) is 0 Å². The van der Waals surface area contributed by atoms with Crippen molar-refractivity contribution in [2.45, 2.75) is 0 Å². The molecule has 0 atom stereocenters. The fourth-order valence-corrected chi connectivity index (χ4v) is 3.10. The third kappa shape index (κ3) is 2.84. The number of hydrogen-bond acceptors (Lipinski definition) is 6. The highest BCUT2D eigenvalue weighted by Crippen LogP contribution is 2.36. The maximum absolute atomic E-state index is 6.02. The molecule has 0 amide bonds. The number of likely N-dealkylation sites (N-methyl/N-ethyl adjacent to an activating group) is 1. The Morgan fingerprint density at radius 3 is 2.90 bits per heavy atom. The Morgan fingerprint density at radius 1 is 1.33 bits per heavy atom. The van der Waals surface area contributed by atoms with E-state index in [-0.39, 0.29) is 0 Å². The van der Waals surface area contributed by atoms with E-state index < -0.39 is 0 Å². The van der Waals surface area contributed by atoms with E-state index in [0.717, 1.165) is 39.7 Å². The average Bonchev–Trinajstić information content (AvgIpc) is 3.01. The molecule has 3 aromatic rings. The number of hydrogen-bond donors (Lipinski definition) is 3. The summed E-state index contributed by atoms with van der Waals surface area (Å²) < 4.78 is 1.15. The Morgan fingerprint density at radius 2 is 2.14 bits per heavy atom. The van der Waals surface area contributed by atoms with Gasteiger partial charge in [0, 0.05) is 13.1 Å². The van der Waals surface area contributed by atoms with Crippen molar-refractivity contribution in [2.24, 2.45) is 0 Å². The Balaban J connectivity index is 1.92. The van der Waals surface area contributed by atoms with Gasteiger partial charge in [-0.25, -0.2) is 4.98 Å². The number of rotatable bonds is 5. The zero-order chi connectivity index (χ0) is 14.8. The summed E-state index contributed by atoms with van der Waals surface area (Å²) >= 11 is 1.62. The topological polar surface area (TPSA) is 82.9 Å². The Labute approximate surface area is 127 Å². The SMILES string of the molecule is CN(C)CCNc1n[nH]c(N)c1-c1nc2ccccc2s1. The highest BCUT2D eigenvalue weighted by atomic mass is 32.1. The molecule has 0 saturated heterocycles. The van der Waals surface area contributed by atoms with E-state index >= 15 is 0 Å². The van der Waals surface area contributed by atoms with Crippen LogP contribution in [0.4, 0.5) is 11.6 Å². The van der Waals surface area contributed by atoms with Gasteiger partial charge in [-0.3, -0.25) is 5.10 Å². The second kappa shape index (κ2) is 5.71. The van der Waals surface area contributed by atoms with E-state index in [2.05, 4.69) is 31.5 Å². The van der Waals surface area contributed by atoms with Crippen LogP contribution in [-0.4, -0.2) is 47.3 Å². The maximum Gasteiger partial charge on any atom is 0.160 e. The zero-order valence-corrected chi connectivity index (χ0v) is 12.9. The molecule has 0 aliphatic rings. The van der Waals surface area contributed by atoms with Crippen molar-refractivity contribution in [3.63, 3.8) is 0 Å². The number of benzene rings is 1. The van der Waals surface area contributed by atoms with Crippen LogP contribution in [0.1, 0.15) is 0 Å². The van der Waals surface area contributed by atoms with Crippen molar-refractivity contribution in [2.75, 3.05) is 38.2 Å². The molecule has 0 bridgehead atoms. The molecule has 2 heterocycles. The van der Waals surface area contributed by atoms with Gasteiger partial charge >= 0.3 is 0 Å². The van der Waals surface area contributed by atoms with Gasteiger partial charge in [-0.05, 0) is 26.2 Å². The van der Waals surface area contributed by atoms with Crippen molar-refractivity contribution in [3.8, 4) is 10.6 Å². The summed E-state index contributed by atoms with van der Waals surface area (Å²) in [5.41, 5.74) is 7.87. The van der Waals surface area contributed by atoms with Crippen LogP contribution >= 0.6 is 11.3 Å². The molecule has 4 N–H and O–H groups in total. The first-order valence-electron chi connectivity index (χ1n) is 6.73. The lowest BCUT2D eigenvalue weighted by Crippen LogP contribution is -2.21. The molecular weight excluding hydrogens is 284 g/mol. The molecule has 0 aliphatic carbocycles. The van der Waals surface area contributed by atoms with Gasteiger partial charge in [0.2, 0.25) is 0 Å². The molecule has 2 aromatic heterocycles. The number of anilines is 2. The highest BCUT2D eigenvalue weighted by molar-refractivity contribution is 7.21. The molecule has 110 valence electrons. The van der Waals surface area contributed by atoms with Crippen molar-refractivity contribution in [1.82, 2.24) is 20.1 Å². The molecule has 0 unspecified atom stereocenters. The lowest BCUT2D eigenvalue weighted by atomic mass is 10.3. The minimum Gasteiger partial charge on any atom is -0.383 e. The van der Waals surface area contributed by atoms with E-state index in [1.54, 1.807) is 11.3 Å². The van der Waals surface area contributed by atoms with E-state index in [1.807, 2.05) is 32.3 Å². The molecule has 7 heteroatoms. The minimum atomic E-state index is 0.543. The van der Waals surface area contributed by atoms with Gasteiger partial charge < -0.3 is 16.0 Å². The van der Waals surface area contributed by atoms with Crippen molar-refractivity contribution in [3.05, 3.63) is 24.3 Å². The first kappa shape index (κ1) is 13.8. The summed E-state index contributed by atoms with van der Waals surface area (Å²) in [6, 6.07) is 8.07. The monoisotopic (exact) mass is 302 g/mol. The number of H-pyrrole nitrogens is 1. The first-order chi connectivity index (χ1) is 10.1. The van der Waals surface area contributed by atoms with Gasteiger partial charge in [0.15, 0.2) is 5.82 Å². The van der Waals surface area contributed by atoms with E-state index in [0.29, 0.717) is 5.82 Å². The van der Waals surface area contributed by atoms with Crippen LogP contribution in [0, 0.1) is 0 Å². The smallest absolute Gasteiger partial charge is 0.160 e. The number of para-hydroxylation sites is 1. The number of nitrogen functional groups attached to an aromatic ring is 1. The molecule has 0 fully saturated rings. The number of nitrogens with two attached hydrogens (primary N) is 1. The summed E-state index contributed by atoms with van der Waals surface area (Å²) in [4.78, 5) is 6.76. The lowest BCUT2D eigenvalue weighted by molar-refractivity contribution is 0.425. The van der Waals surface area contributed by atoms with Gasteiger partial charge in [-0.2, -0.15) is 5.10 Å². The third-order valence-electron chi connectivity index (χ3n) is 3.15. The van der Waals surface area contributed by atoms with Crippen LogP contribution in [-0.2, 0) is 0 Å². The van der Waals surface area contributed by atoms with Crippen LogP contribution in [0.5, 0.6) is 0 Å². The van der Waals surface area contributed by atoms with Crippen LogP contribution in [0.3, 0.4) is 0 Å². The minimum absolute atomic E-state index is 0.543. The molecular formula is C14H18N6S. The van der Waals surface area contributed by atoms with Gasteiger partial charge in [-0.15, -0.1) is 11.3 Å². The molecule has 0 radical (unpaired) electrons. The highest BCUT2D eigenvalue weighted by Gasteiger charge is 2.17. The van der Waals surface area contributed by atoms with Crippen LogP contribution < -0.4 is 11.1 Å². The maximum atomic E-state index is 6.02. The molecule has 3 rings (SSSR count). The predicted molar refractivity (Wildman–Crippen MR) is 88.7 cm³/mol. The lowest BCUT2D eigenvalue weighted by Gasteiger charge is -2.10. The number of nitrogens with one attached hydrogen (secondary N) is 2. The molecule has 0 aliphatic heterocycles. The van der Waals surface area contributed by atoms with Crippen molar-refractivity contribution >= 4 is 33.2 Å². The second-order valence-electron chi connectivity index (χ2n) is 5.08. The quantitative estimate of drug-likeness (QED) is 0.673. The zero-order valence-electron chi connectivity index (χ0n) is 12.1. The summed E-state index contributed by atoms with van der Waals surface area (Å²) in [6.45, 7) is 1.72. The van der Waals surface area contributed by atoms with E-state index in [9.17, 15) is 0 Å². The third-order valence-corrected chi connectivity index (χ3v) is 4.21. The first-order valence-corrected chi connectivity index (χ1v) is 7.55. The number of fused-ring (bicyclic) bond motifs is 1. The fraction of sp³-hybridized carbons (Fsp3) is 0.286. The summed E-state index contributed by atoms with van der Waals surface area (Å²) in [5, 5.41) is 11.3. The largest absolute Gasteiger partial charge is 0.383 e. The predicted octanol–water partition coefficient (Wildman–Crippen LogP) is 2.24. The summed E-state index contributed by atoms with van der Waals surface area (Å²) in [5.74, 6) is 1.30. The second-order valence-corrected chi connectivity index (χ2v) is 6.11. The molecule has 21 heavy (non-hydrogen) atoms. The van der Waals surface area contributed by atoms with E-state index in [4.69, 9.17) is 5.73 Å². The number of aromatic amines is 1. The van der Waals surface area contributed by atoms with Crippen LogP contribution in [0.25, 0.3) is 20.8 Å². The summed E-state index contributed by atoms with van der Waals surface area (Å²) in [6.07, 6.45) is 0. The molecule has 6 nitrogen and oxygen atoms in total. The van der Waals surface area contributed by atoms with Gasteiger partial charge in [0.1, 0.15) is 10.8 Å². The van der Waals surface area contributed by atoms with Gasteiger partial charge in [0.05, 0.1) is 15.8 Å². The molecule has 0 saturated carbocycles. The Hall–Kier alpha value is -2.12. The van der Waals surface area contributed by atoms with Gasteiger partial charge in [-0.1, -0.05) is 12.1 Å². The molecule has 0 spiro atoms. The number of aromatic nitrogens is 3. The van der Waals surface area contributed by atoms with Crippen molar-refractivity contribution < 1.29 is 0 Å². The summed E-state index contributed by atoms with van der Waals surface area (Å²) in [7, 11) is 4.07. The Kier molecular flexibility index (Phi) is 3.76.